The van der Waals surface area contributed by atoms with Gasteiger partial charge in [-0.25, -0.2) is 9.18 Å². The van der Waals surface area contributed by atoms with Gasteiger partial charge in [0.1, 0.15) is 5.67 Å². The Balaban J connectivity index is 1.76. The third kappa shape index (κ3) is 0.723. The minimum atomic E-state index is -0.880. The molecule has 0 saturated heterocycles. The van der Waals surface area contributed by atoms with Crippen LogP contribution in [0.25, 0.3) is 0 Å². The molecule has 2 amide bonds. The van der Waals surface area contributed by atoms with E-state index in [0.29, 0.717) is 19.3 Å². The number of rotatable bonds is 2. The van der Waals surface area contributed by atoms with Crippen molar-refractivity contribution < 1.29 is 9.18 Å². The van der Waals surface area contributed by atoms with Crippen molar-refractivity contribution in [2.24, 2.45) is 11.1 Å². The second-order valence-electron chi connectivity index (χ2n) is 5.03. The standard InChI is InChI=1S/C9H13FN2O/c10-8-3-7(4-8,5-8)9(1-2-9)12-6(11)13/h1-5H2,(H3,11,12,13). The number of urea groups is 1. The average molecular weight is 184 g/mol. The first-order valence-electron chi connectivity index (χ1n) is 4.76. The lowest BCUT2D eigenvalue weighted by Crippen LogP contribution is -2.73. The molecular formula is C9H13FN2O. The maximum Gasteiger partial charge on any atom is 0.312 e. The van der Waals surface area contributed by atoms with Gasteiger partial charge in [0.15, 0.2) is 0 Å². The number of alkyl halides is 1. The molecule has 0 spiro atoms. The molecule has 2 bridgehead atoms. The van der Waals surface area contributed by atoms with E-state index in [1.165, 1.54) is 0 Å². The molecule has 0 aliphatic heterocycles. The van der Waals surface area contributed by atoms with Gasteiger partial charge in [-0.3, -0.25) is 0 Å². The summed E-state index contributed by atoms with van der Waals surface area (Å²) in [6, 6.07) is -0.463. The van der Waals surface area contributed by atoms with Crippen LogP contribution in [-0.4, -0.2) is 17.2 Å². The van der Waals surface area contributed by atoms with Crippen LogP contribution < -0.4 is 11.1 Å². The first-order chi connectivity index (χ1) is 5.99. The molecule has 13 heavy (non-hydrogen) atoms. The number of nitrogens with one attached hydrogen (secondary N) is 1. The summed E-state index contributed by atoms with van der Waals surface area (Å²) in [4.78, 5) is 10.8. The Morgan fingerprint density at radius 3 is 2.15 bits per heavy atom. The molecule has 4 heteroatoms. The molecule has 4 saturated carbocycles. The van der Waals surface area contributed by atoms with E-state index < -0.39 is 11.7 Å². The molecule has 0 heterocycles. The lowest BCUT2D eigenvalue weighted by molar-refractivity contribution is -0.234. The molecule has 4 aliphatic carbocycles. The van der Waals surface area contributed by atoms with E-state index in [1.807, 2.05) is 0 Å². The number of hydrogen-bond acceptors (Lipinski definition) is 1. The van der Waals surface area contributed by atoms with Crippen molar-refractivity contribution in [2.75, 3.05) is 0 Å². The van der Waals surface area contributed by atoms with Gasteiger partial charge < -0.3 is 11.1 Å². The van der Waals surface area contributed by atoms with Crippen LogP contribution in [0.4, 0.5) is 9.18 Å². The second kappa shape index (κ2) is 1.70. The van der Waals surface area contributed by atoms with E-state index in [-0.39, 0.29) is 11.0 Å². The van der Waals surface area contributed by atoms with Gasteiger partial charge in [0.05, 0.1) is 0 Å². The summed E-state index contributed by atoms with van der Waals surface area (Å²) in [5.74, 6) is 0. The van der Waals surface area contributed by atoms with Crippen molar-refractivity contribution in [1.29, 1.82) is 0 Å². The van der Waals surface area contributed by atoms with E-state index in [0.717, 1.165) is 12.8 Å². The van der Waals surface area contributed by atoms with Crippen LogP contribution in [0.5, 0.6) is 0 Å². The number of hydrogen-bond donors (Lipinski definition) is 2. The van der Waals surface area contributed by atoms with Gasteiger partial charge in [0.25, 0.3) is 0 Å². The van der Waals surface area contributed by atoms with Gasteiger partial charge in [0, 0.05) is 11.0 Å². The van der Waals surface area contributed by atoms with Crippen molar-refractivity contribution >= 4 is 6.03 Å². The minimum Gasteiger partial charge on any atom is -0.352 e. The Kier molecular flexibility index (Phi) is 0.991. The normalized spacial score (nSPS) is 48.7. The molecule has 0 aromatic carbocycles. The largest absolute Gasteiger partial charge is 0.352 e. The van der Waals surface area contributed by atoms with Gasteiger partial charge in [-0.05, 0) is 32.1 Å². The molecule has 0 radical (unpaired) electrons. The lowest BCUT2D eigenvalue weighted by atomic mass is 9.38. The number of halogens is 1. The molecule has 0 aromatic heterocycles. The monoisotopic (exact) mass is 184 g/mol. The van der Waals surface area contributed by atoms with Crippen LogP contribution in [0.15, 0.2) is 0 Å². The summed E-state index contributed by atoms with van der Waals surface area (Å²) in [6.45, 7) is 0. The van der Waals surface area contributed by atoms with Crippen LogP contribution in [-0.2, 0) is 0 Å². The Morgan fingerprint density at radius 1 is 1.31 bits per heavy atom. The molecule has 0 aromatic rings. The average Bonchev–Trinajstić information content (AvgIpc) is 2.59. The maximum absolute atomic E-state index is 13.3. The Morgan fingerprint density at radius 2 is 1.85 bits per heavy atom. The zero-order valence-corrected chi connectivity index (χ0v) is 7.40. The SMILES string of the molecule is NC(=O)NC1(C23CC(F)(C2)C3)CC1. The zero-order valence-electron chi connectivity index (χ0n) is 7.40. The van der Waals surface area contributed by atoms with Gasteiger partial charge in [-0.2, -0.15) is 0 Å². The predicted octanol–water partition coefficient (Wildman–Crippen LogP) is 1.08. The summed E-state index contributed by atoms with van der Waals surface area (Å²) >= 11 is 0. The minimum absolute atomic E-state index is 0.0801. The molecular weight excluding hydrogens is 171 g/mol. The Hall–Kier alpha value is -0.800. The van der Waals surface area contributed by atoms with Crippen LogP contribution in [0.3, 0.4) is 0 Å². The highest BCUT2D eigenvalue weighted by Gasteiger charge is 2.79. The molecule has 4 aliphatic rings. The fourth-order valence-corrected chi connectivity index (χ4v) is 3.32. The topological polar surface area (TPSA) is 55.1 Å². The van der Waals surface area contributed by atoms with Crippen LogP contribution >= 0.6 is 0 Å². The highest BCUT2D eigenvalue weighted by molar-refractivity contribution is 5.73. The summed E-state index contributed by atoms with van der Waals surface area (Å²) in [5, 5.41) is 2.80. The summed E-state index contributed by atoms with van der Waals surface area (Å²) in [6.07, 6.45) is 3.87. The first-order valence-corrected chi connectivity index (χ1v) is 4.76. The van der Waals surface area contributed by atoms with Crippen LogP contribution in [0.2, 0.25) is 0 Å². The smallest absolute Gasteiger partial charge is 0.312 e. The Bertz CT molecular complexity index is 278. The van der Waals surface area contributed by atoms with Crippen molar-refractivity contribution in [3.05, 3.63) is 0 Å². The van der Waals surface area contributed by atoms with Crippen molar-refractivity contribution in [2.45, 2.75) is 43.3 Å². The second-order valence-corrected chi connectivity index (χ2v) is 5.03. The number of amides is 2. The summed E-state index contributed by atoms with van der Waals surface area (Å²) < 4.78 is 13.3. The molecule has 0 unspecified atom stereocenters. The van der Waals surface area contributed by atoms with E-state index in [9.17, 15) is 9.18 Å². The zero-order chi connectivity index (χ0) is 9.32. The van der Waals surface area contributed by atoms with Crippen molar-refractivity contribution in [3.63, 3.8) is 0 Å². The number of primary amides is 1. The fourth-order valence-electron chi connectivity index (χ4n) is 3.32. The third-order valence-corrected chi connectivity index (χ3v) is 4.09. The van der Waals surface area contributed by atoms with Crippen molar-refractivity contribution in [3.8, 4) is 0 Å². The molecule has 3 N–H and O–H groups in total. The highest BCUT2D eigenvalue weighted by atomic mass is 19.1. The highest BCUT2D eigenvalue weighted by Crippen LogP contribution is 2.78. The van der Waals surface area contributed by atoms with Gasteiger partial charge in [-0.15, -0.1) is 0 Å². The van der Waals surface area contributed by atoms with Crippen molar-refractivity contribution in [1.82, 2.24) is 5.32 Å². The third-order valence-electron chi connectivity index (χ3n) is 4.09. The lowest BCUT2D eigenvalue weighted by Gasteiger charge is -2.69. The van der Waals surface area contributed by atoms with Crippen LogP contribution in [0.1, 0.15) is 32.1 Å². The summed E-state index contributed by atoms with van der Waals surface area (Å²) in [5.41, 5.74) is 4.18. The molecule has 4 fully saturated rings. The molecule has 3 nitrogen and oxygen atoms in total. The molecule has 0 atom stereocenters. The number of carbonyl (C=O) groups excluding carboxylic acids is 1. The van der Waals surface area contributed by atoms with Gasteiger partial charge in [0.2, 0.25) is 0 Å². The maximum atomic E-state index is 13.3. The molecule has 72 valence electrons. The fraction of sp³-hybridized carbons (Fsp3) is 0.889. The molecule has 4 rings (SSSR count). The predicted molar refractivity (Wildman–Crippen MR) is 44.8 cm³/mol. The first kappa shape index (κ1) is 7.59. The van der Waals surface area contributed by atoms with E-state index >= 15 is 0 Å². The van der Waals surface area contributed by atoms with Gasteiger partial charge in [-0.1, -0.05) is 0 Å². The number of nitrogens with two attached hydrogens (primary N) is 1. The van der Waals surface area contributed by atoms with E-state index in [1.54, 1.807) is 0 Å². The van der Waals surface area contributed by atoms with Crippen LogP contribution in [0, 0.1) is 5.41 Å². The number of carbonyl (C=O) groups is 1. The van der Waals surface area contributed by atoms with E-state index in [4.69, 9.17) is 5.73 Å². The van der Waals surface area contributed by atoms with E-state index in [2.05, 4.69) is 5.32 Å². The van der Waals surface area contributed by atoms with Gasteiger partial charge >= 0.3 is 6.03 Å². The quantitative estimate of drug-likeness (QED) is 0.663. The Labute approximate surface area is 75.9 Å². The summed E-state index contributed by atoms with van der Waals surface area (Å²) in [7, 11) is 0.